The van der Waals surface area contributed by atoms with Crippen LogP contribution in [0.25, 0.3) is 6.08 Å². The number of nitro benzene ring substituents is 1. The lowest BCUT2D eigenvalue weighted by Crippen LogP contribution is -2.29. The molecule has 0 radical (unpaired) electrons. The van der Waals surface area contributed by atoms with Crippen LogP contribution in [0.3, 0.4) is 0 Å². The zero-order chi connectivity index (χ0) is 18.3. The molecule has 0 amide bonds. The van der Waals surface area contributed by atoms with Gasteiger partial charge >= 0.3 is 0 Å². The number of non-ortho nitro benzene ring substituents is 1. The Morgan fingerprint density at radius 3 is 2.48 bits per heavy atom. The van der Waals surface area contributed by atoms with E-state index >= 15 is 0 Å². The lowest BCUT2D eigenvalue weighted by molar-refractivity contribution is -0.384. The third-order valence-electron chi connectivity index (χ3n) is 3.40. The van der Waals surface area contributed by atoms with E-state index in [4.69, 9.17) is 0 Å². The highest BCUT2D eigenvalue weighted by Crippen LogP contribution is 2.17. The van der Waals surface area contributed by atoms with E-state index in [9.17, 15) is 18.5 Å². The Hall–Kier alpha value is -2.77. The van der Waals surface area contributed by atoms with Crippen LogP contribution in [0.15, 0.2) is 72.7 Å². The van der Waals surface area contributed by atoms with E-state index in [2.05, 4.69) is 6.58 Å². The first kappa shape index (κ1) is 18.6. The maximum atomic E-state index is 12.6. The molecule has 0 saturated carbocycles. The first-order valence-corrected chi connectivity index (χ1v) is 9.00. The highest BCUT2D eigenvalue weighted by atomic mass is 32.2. The number of sulfonamides is 1. The monoisotopic (exact) mass is 358 g/mol. The number of hydrogen-bond acceptors (Lipinski definition) is 4. The molecule has 0 bridgehead atoms. The van der Waals surface area contributed by atoms with Gasteiger partial charge in [0.2, 0.25) is 10.0 Å². The smallest absolute Gasteiger partial charge is 0.258 e. The van der Waals surface area contributed by atoms with E-state index in [1.54, 1.807) is 18.2 Å². The Bertz CT molecular complexity index is 877. The zero-order valence-corrected chi connectivity index (χ0v) is 14.3. The van der Waals surface area contributed by atoms with Crippen molar-refractivity contribution in [1.29, 1.82) is 0 Å². The Balaban J connectivity index is 2.24. The van der Waals surface area contributed by atoms with Gasteiger partial charge in [-0.1, -0.05) is 48.5 Å². The summed E-state index contributed by atoms with van der Waals surface area (Å²) in [4.78, 5) is 10.4. The van der Waals surface area contributed by atoms with Crippen molar-refractivity contribution in [2.45, 2.75) is 6.54 Å². The fourth-order valence-electron chi connectivity index (χ4n) is 2.19. The van der Waals surface area contributed by atoms with E-state index < -0.39 is 14.9 Å². The van der Waals surface area contributed by atoms with Gasteiger partial charge in [-0.3, -0.25) is 10.1 Å². The molecule has 0 N–H and O–H groups in total. The van der Waals surface area contributed by atoms with Gasteiger partial charge in [0, 0.05) is 30.6 Å². The normalized spacial score (nSPS) is 11.7. The Morgan fingerprint density at radius 2 is 1.84 bits per heavy atom. The summed E-state index contributed by atoms with van der Waals surface area (Å²) in [7, 11) is -3.70. The predicted molar refractivity (Wildman–Crippen MR) is 98.1 cm³/mol. The molecule has 25 heavy (non-hydrogen) atoms. The van der Waals surface area contributed by atoms with Crippen LogP contribution in [-0.2, 0) is 16.6 Å². The molecule has 7 heteroatoms. The molecule has 0 aliphatic carbocycles. The highest BCUT2D eigenvalue weighted by Gasteiger charge is 2.19. The van der Waals surface area contributed by atoms with Crippen molar-refractivity contribution in [2.24, 2.45) is 0 Å². The third kappa shape index (κ3) is 5.37. The Labute approximate surface area is 146 Å². The molecule has 2 aromatic carbocycles. The molecule has 0 saturated heterocycles. The lowest BCUT2D eigenvalue weighted by atomic mass is 10.2. The quantitative estimate of drug-likeness (QED) is 0.410. The second kappa shape index (κ2) is 8.36. The Morgan fingerprint density at radius 1 is 1.12 bits per heavy atom. The number of rotatable bonds is 8. The fourth-order valence-corrected chi connectivity index (χ4v) is 3.33. The first-order chi connectivity index (χ1) is 11.9. The average molecular weight is 358 g/mol. The van der Waals surface area contributed by atoms with Crippen molar-refractivity contribution in [3.63, 3.8) is 0 Å². The molecule has 130 valence electrons. The summed E-state index contributed by atoms with van der Waals surface area (Å²) < 4.78 is 26.4. The molecule has 0 spiro atoms. The van der Waals surface area contributed by atoms with Gasteiger partial charge in [0.25, 0.3) is 5.69 Å². The van der Waals surface area contributed by atoms with Gasteiger partial charge < -0.3 is 0 Å². The summed E-state index contributed by atoms with van der Waals surface area (Å²) >= 11 is 0. The number of nitrogens with zero attached hydrogens (tertiary/aromatic N) is 2. The summed E-state index contributed by atoms with van der Waals surface area (Å²) in [6.45, 7) is 3.71. The second-order valence-corrected chi connectivity index (χ2v) is 7.09. The van der Waals surface area contributed by atoms with Gasteiger partial charge in [-0.2, -0.15) is 4.31 Å². The minimum atomic E-state index is -3.70. The summed E-state index contributed by atoms with van der Waals surface area (Å²) in [6, 6.07) is 15.0. The van der Waals surface area contributed by atoms with Crippen LogP contribution in [0, 0.1) is 10.1 Å². The lowest BCUT2D eigenvalue weighted by Gasteiger charge is -2.18. The minimum absolute atomic E-state index is 0.0230. The van der Waals surface area contributed by atoms with Crippen LogP contribution in [0.1, 0.15) is 11.1 Å². The van der Waals surface area contributed by atoms with Crippen molar-refractivity contribution >= 4 is 21.8 Å². The summed E-state index contributed by atoms with van der Waals surface area (Å²) in [6.07, 6.45) is 2.99. The molecular weight excluding hydrogens is 340 g/mol. The molecule has 2 rings (SSSR count). The molecule has 2 aromatic rings. The minimum Gasteiger partial charge on any atom is -0.258 e. The van der Waals surface area contributed by atoms with Crippen LogP contribution in [0.2, 0.25) is 0 Å². The molecule has 6 nitrogen and oxygen atoms in total. The maximum Gasteiger partial charge on any atom is 0.269 e. The van der Waals surface area contributed by atoms with Crippen molar-refractivity contribution < 1.29 is 13.3 Å². The van der Waals surface area contributed by atoms with Crippen molar-refractivity contribution in [3.8, 4) is 0 Å². The fraction of sp³-hybridized carbons (Fsp3) is 0.111. The second-order valence-electron chi connectivity index (χ2n) is 5.27. The SMILES string of the molecule is C=CCN(Cc1cccc([N+](=O)[O-])c1)S(=O)(=O)C=Cc1ccccc1. The molecule has 0 unspecified atom stereocenters. The largest absolute Gasteiger partial charge is 0.269 e. The summed E-state index contributed by atoms with van der Waals surface area (Å²) in [5, 5.41) is 12.0. The van der Waals surface area contributed by atoms with Gasteiger partial charge in [0.05, 0.1) is 4.92 Å². The molecule has 0 heterocycles. The molecule has 0 fully saturated rings. The molecule has 0 aromatic heterocycles. The molecular formula is C18H18N2O4S. The van der Waals surface area contributed by atoms with E-state index in [0.29, 0.717) is 5.56 Å². The van der Waals surface area contributed by atoms with Crippen molar-refractivity contribution in [1.82, 2.24) is 4.31 Å². The zero-order valence-electron chi connectivity index (χ0n) is 13.5. The van der Waals surface area contributed by atoms with Crippen LogP contribution in [0.4, 0.5) is 5.69 Å². The predicted octanol–water partition coefficient (Wildman–Crippen LogP) is 3.58. The highest BCUT2D eigenvalue weighted by molar-refractivity contribution is 7.92. The van der Waals surface area contributed by atoms with Crippen LogP contribution in [0.5, 0.6) is 0 Å². The van der Waals surface area contributed by atoms with Gasteiger partial charge in [-0.05, 0) is 17.2 Å². The maximum absolute atomic E-state index is 12.6. The van der Waals surface area contributed by atoms with E-state index in [-0.39, 0.29) is 18.8 Å². The van der Waals surface area contributed by atoms with Gasteiger partial charge in [-0.15, -0.1) is 6.58 Å². The van der Waals surface area contributed by atoms with Gasteiger partial charge in [0.15, 0.2) is 0 Å². The van der Waals surface area contributed by atoms with Gasteiger partial charge in [-0.25, -0.2) is 8.42 Å². The van der Waals surface area contributed by atoms with Crippen molar-refractivity contribution in [2.75, 3.05) is 6.54 Å². The number of benzene rings is 2. The Kier molecular flexibility index (Phi) is 6.21. The van der Waals surface area contributed by atoms with Crippen LogP contribution in [-0.4, -0.2) is 24.2 Å². The average Bonchev–Trinajstić information content (AvgIpc) is 2.61. The topological polar surface area (TPSA) is 80.5 Å². The first-order valence-electron chi connectivity index (χ1n) is 7.50. The summed E-state index contributed by atoms with van der Waals surface area (Å²) in [5.41, 5.74) is 1.22. The molecule has 0 aliphatic heterocycles. The number of hydrogen-bond donors (Lipinski definition) is 0. The number of nitro groups is 1. The van der Waals surface area contributed by atoms with Crippen LogP contribution < -0.4 is 0 Å². The van der Waals surface area contributed by atoms with Gasteiger partial charge in [0.1, 0.15) is 0 Å². The molecule has 0 aliphatic rings. The molecule has 0 atom stereocenters. The summed E-state index contributed by atoms with van der Waals surface area (Å²) in [5.74, 6) is 0. The standard InChI is InChI=1S/C18H18N2O4S/c1-2-12-19(15-17-9-6-10-18(14-17)20(21)22)25(23,24)13-11-16-7-4-3-5-8-16/h2-11,13-14H,1,12,15H2. The van der Waals surface area contributed by atoms with E-state index in [1.807, 2.05) is 18.2 Å². The van der Waals surface area contributed by atoms with Crippen LogP contribution >= 0.6 is 0 Å². The van der Waals surface area contributed by atoms with Crippen molar-refractivity contribution in [3.05, 3.63) is 93.9 Å². The van der Waals surface area contributed by atoms with E-state index in [1.165, 1.54) is 34.7 Å². The van der Waals surface area contributed by atoms with E-state index in [0.717, 1.165) is 11.0 Å². The third-order valence-corrected chi connectivity index (χ3v) is 4.88.